The first-order valence-corrected chi connectivity index (χ1v) is 6.79. The summed E-state index contributed by atoms with van der Waals surface area (Å²) in [6, 6.07) is -0.327. The molecule has 20 heavy (non-hydrogen) atoms. The molecule has 0 bridgehead atoms. The summed E-state index contributed by atoms with van der Waals surface area (Å²) in [4.78, 5) is 32.2. The molecule has 0 aliphatic carbocycles. The predicted molar refractivity (Wildman–Crippen MR) is 72.0 cm³/mol. The lowest BCUT2D eigenvalue weighted by Gasteiger charge is -2.29. The largest absolute Gasteiger partial charge is 0.481 e. The van der Waals surface area contributed by atoms with Crippen LogP contribution in [0.2, 0.25) is 0 Å². The molecule has 1 aromatic heterocycles. The van der Waals surface area contributed by atoms with Crippen molar-refractivity contribution in [2.75, 3.05) is 13.1 Å². The average molecular weight is 280 g/mol. The van der Waals surface area contributed by atoms with Crippen molar-refractivity contribution in [1.29, 1.82) is 0 Å². The Morgan fingerprint density at radius 3 is 3.00 bits per heavy atom. The maximum atomic E-state index is 12.5. The monoisotopic (exact) mass is 280 g/mol. The maximum absolute atomic E-state index is 12.5. The molecular formula is C13H20N4O3. The van der Waals surface area contributed by atoms with Crippen molar-refractivity contribution in [2.45, 2.75) is 32.9 Å². The standard InChI is InChI=1S/C13H20N4O3/c1-3-17(6-8(2)13(19)20)12(18)10-4-9-11(5-14-10)16-7-15-9/h7-8,10,14H,3-6H2,1-2H3,(H,15,16)(H,19,20). The third-order valence-corrected chi connectivity index (χ3v) is 3.64. The van der Waals surface area contributed by atoms with Gasteiger partial charge >= 0.3 is 5.97 Å². The lowest BCUT2D eigenvalue weighted by atomic mass is 10.0. The van der Waals surface area contributed by atoms with Crippen molar-refractivity contribution >= 4 is 11.9 Å². The van der Waals surface area contributed by atoms with Gasteiger partial charge in [-0.3, -0.25) is 14.9 Å². The van der Waals surface area contributed by atoms with Gasteiger partial charge in [0.2, 0.25) is 5.91 Å². The Balaban J connectivity index is 2.01. The fraction of sp³-hybridized carbons (Fsp3) is 0.615. The average Bonchev–Trinajstić information content (AvgIpc) is 2.90. The van der Waals surface area contributed by atoms with Crippen LogP contribution in [-0.2, 0) is 22.6 Å². The highest BCUT2D eigenvalue weighted by Gasteiger charge is 2.30. The van der Waals surface area contributed by atoms with Gasteiger partial charge in [0.25, 0.3) is 0 Å². The first-order valence-electron chi connectivity index (χ1n) is 6.79. The number of amides is 1. The maximum Gasteiger partial charge on any atom is 0.308 e. The minimum absolute atomic E-state index is 0.0609. The van der Waals surface area contributed by atoms with E-state index in [0.29, 0.717) is 19.5 Å². The SMILES string of the molecule is CCN(CC(C)C(=O)O)C(=O)C1Cc2nc[nH]c2CN1. The number of aliphatic carboxylic acids is 1. The molecule has 0 saturated heterocycles. The molecule has 2 heterocycles. The van der Waals surface area contributed by atoms with Crippen molar-refractivity contribution in [3.05, 3.63) is 17.7 Å². The number of carbonyl (C=O) groups excluding carboxylic acids is 1. The minimum atomic E-state index is -0.887. The van der Waals surface area contributed by atoms with Crippen LogP contribution in [0.1, 0.15) is 25.2 Å². The van der Waals surface area contributed by atoms with Gasteiger partial charge < -0.3 is 15.0 Å². The fourth-order valence-corrected chi connectivity index (χ4v) is 2.35. The third kappa shape index (κ3) is 2.98. The second-order valence-electron chi connectivity index (χ2n) is 5.08. The van der Waals surface area contributed by atoms with Gasteiger partial charge in [0.15, 0.2) is 0 Å². The molecule has 1 amide bonds. The Morgan fingerprint density at radius 2 is 2.35 bits per heavy atom. The van der Waals surface area contributed by atoms with E-state index in [2.05, 4.69) is 15.3 Å². The molecule has 2 rings (SSSR count). The smallest absolute Gasteiger partial charge is 0.308 e. The highest BCUT2D eigenvalue weighted by molar-refractivity contribution is 5.83. The van der Waals surface area contributed by atoms with E-state index in [-0.39, 0.29) is 18.5 Å². The zero-order valence-corrected chi connectivity index (χ0v) is 11.7. The summed E-state index contributed by atoms with van der Waals surface area (Å²) in [7, 11) is 0. The van der Waals surface area contributed by atoms with Gasteiger partial charge in [-0.1, -0.05) is 6.92 Å². The van der Waals surface area contributed by atoms with E-state index in [1.54, 1.807) is 18.2 Å². The molecule has 110 valence electrons. The van der Waals surface area contributed by atoms with Crippen LogP contribution in [0.3, 0.4) is 0 Å². The molecule has 0 spiro atoms. The molecule has 1 aliphatic heterocycles. The van der Waals surface area contributed by atoms with Crippen LogP contribution in [0, 0.1) is 5.92 Å². The van der Waals surface area contributed by atoms with Gasteiger partial charge in [-0.25, -0.2) is 4.98 Å². The second kappa shape index (κ2) is 6.04. The fourth-order valence-electron chi connectivity index (χ4n) is 2.35. The molecule has 1 aromatic rings. The lowest BCUT2D eigenvalue weighted by Crippen LogP contribution is -2.50. The van der Waals surface area contributed by atoms with E-state index < -0.39 is 11.9 Å². The van der Waals surface area contributed by atoms with Crippen molar-refractivity contribution in [2.24, 2.45) is 5.92 Å². The van der Waals surface area contributed by atoms with Gasteiger partial charge in [-0.05, 0) is 6.92 Å². The number of H-pyrrole nitrogens is 1. The number of nitrogens with one attached hydrogen (secondary N) is 2. The summed E-state index contributed by atoms with van der Waals surface area (Å²) in [5.74, 6) is -1.51. The highest BCUT2D eigenvalue weighted by atomic mass is 16.4. The number of carbonyl (C=O) groups is 2. The summed E-state index contributed by atoms with van der Waals surface area (Å²) < 4.78 is 0. The number of carboxylic acids is 1. The second-order valence-corrected chi connectivity index (χ2v) is 5.08. The summed E-state index contributed by atoms with van der Waals surface area (Å²) >= 11 is 0. The van der Waals surface area contributed by atoms with E-state index in [9.17, 15) is 9.59 Å². The molecule has 2 unspecified atom stereocenters. The molecule has 7 heteroatoms. The summed E-state index contributed by atoms with van der Waals surface area (Å²) in [5.41, 5.74) is 1.92. The summed E-state index contributed by atoms with van der Waals surface area (Å²) in [6.07, 6.45) is 2.17. The predicted octanol–water partition coefficient (Wildman–Crippen LogP) is -0.00680. The van der Waals surface area contributed by atoms with Crippen molar-refractivity contribution < 1.29 is 14.7 Å². The molecule has 3 N–H and O–H groups in total. The lowest BCUT2D eigenvalue weighted by molar-refractivity contribution is -0.143. The highest BCUT2D eigenvalue weighted by Crippen LogP contribution is 2.14. The Morgan fingerprint density at radius 1 is 1.60 bits per heavy atom. The molecule has 1 aliphatic rings. The molecule has 7 nitrogen and oxygen atoms in total. The van der Waals surface area contributed by atoms with E-state index in [1.165, 1.54) is 0 Å². The van der Waals surface area contributed by atoms with E-state index in [0.717, 1.165) is 11.4 Å². The Kier molecular flexibility index (Phi) is 4.39. The van der Waals surface area contributed by atoms with Gasteiger partial charge in [0.05, 0.1) is 29.7 Å². The summed E-state index contributed by atoms with van der Waals surface area (Å²) in [6.45, 7) is 4.78. The normalized spacial score (nSPS) is 19.2. The summed E-state index contributed by atoms with van der Waals surface area (Å²) in [5, 5.41) is 12.1. The number of carboxylic acid groups (broad SMARTS) is 1. The molecular weight excluding hydrogens is 260 g/mol. The Labute approximate surface area is 117 Å². The van der Waals surface area contributed by atoms with Crippen LogP contribution in [0.5, 0.6) is 0 Å². The number of fused-ring (bicyclic) bond motifs is 1. The van der Waals surface area contributed by atoms with Gasteiger partial charge in [0.1, 0.15) is 0 Å². The molecule has 0 aromatic carbocycles. The number of likely N-dealkylation sites (N-methyl/N-ethyl adjacent to an activating group) is 1. The number of hydrogen-bond acceptors (Lipinski definition) is 4. The molecule has 0 saturated carbocycles. The van der Waals surface area contributed by atoms with Gasteiger partial charge in [-0.15, -0.1) is 0 Å². The van der Waals surface area contributed by atoms with Gasteiger partial charge in [0, 0.05) is 26.1 Å². The van der Waals surface area contributed by atoms with E-state index in [1.807, 2.05) is 6.92 Å². The zero-order valence-electron chi connectivity index (χ0n) is 11.7. The first kappa shape index (κ1) is 14.5. The Hall–Kier alpha value is -1.89. The number of imidazole rings is 1. The van der Waals surface area contributed by atoms with Crippen LogP contribution >= 0.6 is 0 Å². The van der Waals surface area contributed by atoms with E-state index >= 15 is 0 Å². The van der Waals surface area contributed by atoms with Crippen LogP contribution in [0.15, 0.2) is 6.33 Å². The first-order chi connectivity index (χ1) is 9.52. The number of nitrogens with zero attached hydrogens (tertiary/aromatic N) is 2. The minimum Gasteiger partial charge on any atom is -0.481 e. The molecule has 0 fully saturated rings. The number of aromatic amines is 1. The van der Waals surface area contributed by atoms with Crippen LogP contribution in [0.4, 0.5) is 0 Å². The number of hydrogen-bond donors (Lipinski definition) is 3. The zero-order chi connectivity index (χ0) is 14.7. The van der Waals surface area contributed by atoms with Gasteiger partial charge in [-0.2, -0.15) is 0 Å². The number of aromatic nitrogens is 2. The number of rotatable bonds is 5. The van der Waals surface area contributed by atoms with Crippen LogP contribution < -0.4 is 5.32 Å². The van der Waals surface area contributed by atoms with E-state index in [4.69, 9.17) is 5.11 Å². The topological polar surface area (TPSA) is 98.3 Å². The van der Waals surface area contributed by atoms with Crippen LogP contribution in [0.25, 0.3) is 0 Å². The van der Waals surface area contributed by atoms with Crippen molar-refractivity contribution in [1.82, 2.24) is 20.2 Å². The Bertz CT molecular complexity index is 500. The van der Waals surface area contributed by atoms with Crippen LogP contribution in [-0.4, -0.2) is 51.0 Å². The third-order valence-electron chi connectivity index (χ3n) is 3.64. The molecule has 2 atom stereocenters. The van der Waals surface area contributed by atoms with Crippen molar-refractivity contribution in [3.8, 4) is 0 Å². The van der Waals surface area contributed by atoms with Crippen molar-refractivity contribution in [3.63, 3.8) is 0 Å². The quantitative estimate of drug-likeness (QED) is 0.705. The molecule has 0 radical (unpaired) electrons.